The molecule has 0 bridgehead atoms. The van der Waals surface area contributed by atoms with Gasteiger partial charge >= 0.3 is 6.18 Å². The number of nitrogens with two attached hydrogens (primary N) is 1. The second-order valence-electron chi connectivity index (χ2n) is 4.77. The summed E-state index contributed by atoms with van der Waals surface area (Å²) in [7, 11) is 0. The number of hydrogen-bond donors (Lipinski definition) is 2. The molecule has 1 fully saturated rings. The molecule has 1 aliphatic rings. The Morgan fingerprint density at radius 2 is 1.89 bits per heavy atom. The Bertz CT molecular complexity index is 452. The van der Waals surface area contributed by atoms with E-state index in [4.69, 9.17) is 5.73 Å². The van der Waals surface area contributed by atoms with Crippen molar-refractivity contribution in [2.24, 2.45) is 5.73 Å². The van der Waals surface area contributed by atoms with Crippen molar-refractivity contribution in [1.82, 2.24) is 0 Å². The Hall–Kier alpha value is -1.14. The van der Waals surface area contributed by atoms with E-state index in [9.17, 15) is 22.7 Å². The first-order valence-electron chi connectivity index (χ1n) is 5.53. The standard InChI is InChI=1S/C12H13F4NO/c13-9-2-7(1-8(3-9)12(14,15)16)11(6-17)4-10(18)5-11/h1-3,10,18H,4-6,17H2. The number of aliphatic hydroxyl groups excluding tert-OH is 1. The lowest BCUT2D eigenvalue weighted by atomic mass is 9.62. The summed E-state index contributed by atoms with van der Waals surface area (Å²) in [5.74, 6) is -0.936. The summed E-state index contributed by atoms with van der Waals surface area (Å²) in [6.07, 6.45) is -4.63. The van der Waals surface area contributed by atoms with Crippen LogP contribution < -0.4 is 5.73 Å². The third-order valence-electron chi connectivity index (χ3n) is 3.48. The average Bonchev–Trinajstić information content (AvgIpc) is 2.22. The number of halogens is 4. The van der Waals surface area contributed by atoms with Gasteiger partial charge < -0.3 is 10.8 Å². The van der Waals surface area contributed by atoms with Gasteiger partial charge in [-0.1, -0.05) is 0 Å². The maximum atomic E-state index is 13.3. The van der Waals surface area contributed by atoms with Crippen LogP contribution in [0, 0.1) is 5.82 Å². The van der Waals surface area contributed by atoms with Crippen LogP contribution in [-0.4, -0.2) is 17.8 Å². The van der Waals surface area contributed by atoms with Gasteiger partial charge in [0.15, 0.2) is 0 Å². The molecule has 0 unspecified atom stereocenters. The molecule has 1 aromatic carbocycles. The zero-order valence-corrected chi connectivity index (χ0v) is 9.47. The van der Waals surface area contributed by atoms with Crippen LogP contribution in [-0.2, 0) is 11.6 Å². The van der Waals surface area contributed by atoms with E-state index in [0.717, 1.165) is 12.1 Å². The van der Waals surface area contributed by atoms with Crippen LogP contribution in [0.3, 0.4) is 0 Å². The first kappa shape index (κ1) is 13.3. The van der Waals surface area contributed by atoms with Gasteiger partial charge in [-0.15, -0.1) is 0 Å². The molecule has 2 rings (SSSR count). The quantitative estimate of drug-likeness (QED) is 0.803. The van der Waals surface area contributed by atoms with E-state index in [2.05, 4.69) is 0 Å². The lowest BCUT2D eigenvalue weighted by Gasteiger charge is -2.45. The van der Waals surface area contributed by atoms with Crippen LogP contribution in [0.15, 0.2) is 18.2 Å². The molecular weight excluding hydrogens is 250 g/mol. The summed E-state index contributed by atoms with van der Waals surface area (Å²) in [6.45, 7) is 0.0881. The number of rotatable bonds is 2. The van der Waals surface area contributed by atoms with Gasteiger partial charge in [-0.3, -0.25) is 0 Å². The van der Waals surface area contributed by atoms with Gasteiger partial charge in [-0.25, -0.2) is 4.39 Å². The molecule has 0 saturated heterocycles. The van der Waals surface area contributed by atoms with Crippen molar-refractivity contribution in [2.45, 2.75) is 30.5 Å². The van der Waals surface area contributed by atoms with Gasteiger partial charge in [0.2, 0.25) is 0 Å². The molecule has 0 spiro atoms. The van der Waals surface area contributed by atoms with Gasteiger partial charge in [0, 0.05) is 12.0 Å². The Balaban J connectivity index is 2.43. The minimum atomic E-state index is -4.59. The smallest absolute Gasteiger partial charge is 0.393 e. The molecule has 0 aromatic heterocycles. The summed E-state index contributed by atoms with van der Waals surface area (Å²) in [5, 5.41) is 9.30. The molecule has 0 amide bonds. The van der Waals surface area contributed by atoms with Gasteiger partial charge in [-0.05, 0) is 36.6 Å². The number of benzene rings is 1. The third-order valence-corrected chi connectivity index (χ3v) is 3.48. The van der Waals surface area contributed by atoms with E-state index in [1.54, 1.807) is 0 Å². The minimum Gasteiger partial charge on any atom is -0.393 e. The Labute approximate surface area is 101 Å². The Kier molecular flexibility index (Phi) is 3.11. The molecule has 3 N–H and O–H groups in total. The van der Waals surface area contributed by atoms with Gasteiger partial charge in [-0.2, -0.15) is 13.2 Å². The van der Waals surface area contributed by atoms with Crippen molar-refractivity contribution in [3.8, 4) is 0 Å². The SMILES string of the molecule is NCC1(c2cc(F)cc(C(F)(F)F)c2)CC(O)C1. The van der Waals surface area contributed by atoms with E-state index in [1.165, 1.54) is 0 Å². The molecule has 18 heavy (non-hydrogen) atoms. The average molecular weight is 263 g/mol. The van der Waals surface area contributed by atoms with E-state index in [0.29, 0.717) is 6.07 Å². The third kappa shape index (κ3) is 2.22. The van der Waals surface area contributed by atoms with Crippen LogP contribution in [0.25, 0.3) is 0 Å². The van der Waals surface area contributed by atoms with E-state index < -0.39 is 29.1 Å². The fourth-order valence-corrected chi connectivity index (χ4v) is 2.42. The second kappa shape index (κ2) is 4.20. The zero-order valence-electron chi connectivity index (χ0n) is 9.47. The first-order chi connectivity index (χ1) is 8.27. The predicted molar refractivity (Wildman–Crippen MR) is 57.4 cm³/mol. The molecule has 0 atom stereocenters. The topological polar surface area (TPSA) is 46.2 Å². The van der Waals surface area contributed by atoms with Crippen molar-refractivity contribution >= 4 is 0 Å². The van der Waals surface area contributed by atoms with Crippen LogP contribution >= 0.6 is 0 Å². The fraction of sp³-hybridized carbons (Fsp3) is 0.500. The van der Waals surface area contributed by atoms with Crippen LogP contribution in [0.2, 0.25) is 0 Å². The molecule has 1 saturated carbocycles. The van der Waals surface area contributed by atoms with Gasteiger partial charge in [0.25, 0.3) is 0 Å². The lowest BCUT2D eigenvalue weighted by Crippen LogP contribution is -2.49. The number of hydrogen-bond acceptors (Lipinski definition) is 2. The molecule has 0 radical (unpaired) electrons. The summed E-state index contributed by atoms with van der Waals surface area (Å²) < 4.78 is 51.1. The fourth-order valence-electron chi connectivity index (χ4n) is 2.42. The number of aliphatic hydroxyl groups is 1. The number of alkyl halides is 3. The van der Waals surface area contributed by atoms with Crippen molar-refractivity contribution in [3.63, 3.8) is 0 Å². The van der Waals surface area contributed by atoms with E-state index in [-0.39, 0.29) is 24.9 Å². The highest BCUT2D eigenvalue weighted by Crippen LogP contribution is 2.44. The largest absolute Gasteiger partial charge is 0.416 e. The summed E-state index contributed by atoms with van der Waals surface area (Å²) >= 11 is 0. The molecule has 6 heteroatoms. The van der Waals surface area contributed by atoms with Crippen molar-refractivity contribution < 1.29 is 22.7 Å². The van der Waals surface area contributed by atoms with Crippen molar-refractivity contribution in [2.75, 3.05) is 6.54 Å². The first-order valence-corrected chi connectivity index (χ1v) is 5.53. The van der Waals surface area contributed by atoms with E-state index in [1.807, 2.05) is 0 Å². The Morgan fingerprint density at radius 1 is 1.28 bits per heavy atom. The van der Waals surface area contributed by atoms with Crippen molar-refractivity contribution in [1.29, 1.82) is 0 Å². The molecule has 0 aliphatic heterocycles. The van der Waals surface area contributed by atoms with Crippen LogP contribution in [0.4, 0.5) is 17.6 Å². The highest BCUT2D eigenvalue weighted by atomic mass is 19.4. The molecule has 100 valence electrons. The highest BCUT2D eigenvalue weighted by molar-refractivity contribution is 5.35. The molecule has 0 heterocycles. The second-order valence-corrected chi connectivity index (χ2v) is 4.77. The highest BCUT2D eigenvalue weighted by Gasteiger charge is 2.45. The van der Waals surface area contributed by atoms with Gasteiger partial charge in [0.05, 0.1) is 11.7 Å². The summed E-state index contributed by atoms with van der Waals surface area (Å²) in [4.78, 5) is 0. The van der Waals surface area contributed by atoms with Gasteiger partial charge in [0.1, 0.15) is 5.82 Å². The van der Waals surface area contributed by atoms with E-state index >= 15 is 0 Å². The molecule has 1 aromatic rings. The zero-order chi connectivity index (χ0) is 13.6. The normalized spacial score (nSPS) is 28.0. The van der Waals surface area contributed by atoms with Crippen molar-refractivity contribution in [3.05, 3.63) is 35.1 Å². The summed E-state index contributed by atoms with van der Waals surface area (Å²) in [6, 6.07) is 2.44. The monoisotopic (exact) mass is 263 g/mol. The Morgan fingerprint density at radius 3 is 2.33 bits per heavy atom. The predicted octanol–water partition coefficient (Wildman–Crippen LogP) is 2.20. The molecular formula is C12H13F4NO. The molecule has 1 aliphatic carbocycles. The maximum absolute atomic E-state index is 13.3. The van der Waals surface area contributed by atoms with Crippen LogP contribution in [0.5, 0.6) is 0 Å². The maximum Gasteiger partial charge on any atom is 0.416 e. The van der Waals surface area contributed by atoms with Crippen LogP contribution in [0.1, 0.15) is 24.0 Å². The minimum absolute atomic E-state index is 0.0881. The summed E-state index contributed by atoms with van der Waals surface area (Å²) in [5.41, 5.74) is 4.01. The molecule has 2 nitrogen and oxygen atoms in total. The lowest BCUT2D eigenvalue weighted by molar-refractivity contribution is -0.137.